The third-order valence-electron chi connectivity index (χ3n) is 3.36. The zero-order valence-corrected chi connectivity index (χ0v) is 11.8. The van der Waals surface area contributed by atoms with Crippen molar-refractivity contribution < 1.29 is 23.0 Å². The summed E-state index contributed by atoms with van der Waals surface area (Å²) in [6.45, 7) is -0.0887. The first-order valence-corrected chi connectivity index (χ1v) is 6.32. The molecule has 1 atom stereocenters. The molecule has 0 bridgehead atoms. The van der Waals surface area contributed by atoms with Gasteiger partial charge in [0.1, 0.15) is 0 Å². The minimum atomic E-state index is -2.81. The summed E-state index contributed by atoms with van der Waals surface area (Å²) in [4.78, 5) is 11.8. The highest BCUT2D eigenvalue weighted by atomic mass is 35.5. The van der Waals surface area contributed by atoms with E-state index in [0.29, 0.717) is 11.5 Å². The molecule has 0 aliphatic carbocycles. The second-order valence-corrected chi connectivity index (χ2v) is 4.86. The molecule has 0 aromatic heterocycles. The van der Waals surface area contributed by atoms with Gasteiger partial charge in [0, 0.05) is 18.5 Å². The number of nitrogens with one attached hydrogen (secondary N) is 2. The third-order valence-corrected chi connectivity index (χ3v) is 3.36. The summed E-state index contributed by atoms with van der Waals surface area (Å²) >= 11 is 0. The van der Waals surface area contributed by atoms with Gasteiger partial charge in [-0.2, -0.15) is 0 Å². The van der Waals surface area contributed by atoms with Crippen molar-refractivity contribution >= 4 is 18.3 Å². The highest BCUT2D eigenvalue weighted by Crippen LogP contribution is 2.35. The van der Waals surface area contributed by atoms with Gasteiger partial charge in [0.2, 0.25) is 12.7 Å². The number of halogens is 3. The van der Waals surface area contributed by atoms with Gasteiger partial charge in [0.15, 0.2) is 11.5 Å². The fraction of sp³-hybridized carbons (Fsp3) is 0.462. The standard InChI is InChI=1S/C13H14F2N2O3.ClH/c14-13(15)4-9(17-6-13)12(18)16-5-8-2-1-3-10-11(8)20-7-19-10;/h1-3,9,17H,4-7H2,(H,16,18);1H. The van der Waals surface area contributed by atoms with Gasteiger partial charge in [0.25, 0.3) is 5.92 Å². The number of hydrogen-bond donors (Lipinski definition) is 2. The Morgan fingerprint density at radius 1 is 1.43 bits per heavy atom. The molecule has 2 aliphatic heterocycles. The summed E-state index contributed by atoms with van der Waals surface area (Å²) in [5, 5.41) is 5.16. The number of carbonyl (C=O) groups excluding carboxylic acids is 1. The van der Waals surface area contributed by atoms with E-state index in [-0.39, 0.29) is 25.7 Å². The van der Waals surface area contributed by atoms with Crippen molar-refractivity contribution in [2.75, 3.05) is 13.3 Å². The predicted molar refractivity (Wildman–Crippen MR) is 73.0 cm³/mol. The van der Waals surface area contributed by atoms with Crippen LogP contribution in [-0.4, -0.2) is 31.2 Å². The molecule has 0 radical (unpaired) electrons. The minimum Gasteiger partial charge on any atom is -0.454 e. The molecular formula is C13H15ClF2N2O3. The van der Waals surface area contributed by atoms with Gasteiger partial charge >= 0.3 is 0 Å². The molecule has 2 N–H and O–H groups in total. The lowest BCUT2D eigenvalue weighted by atomic mass is 10.1. The Labute approximate surface area is 126 Å². The largest absolute Gasteiger partial charge is 0.454 e. The Bertz CT molecular complexity index is 542. The second-order valence-electron chi connectivity index (χ2n) is 4.86. The van der Waals surface area contributed by atoms with E-state index in [4.69, 9.17) is 9.47 Å². The number of ether oxygens (including phenoxy) is 2. The van der Waals surface area contributed by atoms with Crippen LogP contribution in [0, 0.1) is 0 Å². The maximum atomic E-state index is 13.0. The van der Waals surface area contributed by atoms with Gasteiger partial charge in [-0.15, -0.1) is 12.4 Å². The van der Waals surface area contributed by atoms with Crippen LogP contribution in [0.2, 0.25) is 0 Å². The normalized spacial score (nSPS) is 21.7. The van der Waals surface area contributed by atoms with Gasteiger partial charge in [-0.3, -0.25) is 10.1 Å². The summed E-state index contributed by atoms with van der Waals surface area (Å²) in [5.74, 6) is -2.02. The molecule has 1 fully saturated rings. The summed E-state index contributed by atoms with van der Waals surface area (Å²) in [6, 6.07) is 4.51. The third kappa shape index (κ3) is 3.36. The Kier molecular flexibility index (Phi) is 4.53. The van der Waals surface area contributed by atoms with Crippen molar-refractivity contribution in [3.8, 4) is 11.5 Å². The molecule has 1 unspecified atom stereocenters. The van der Waals surface area contributed by atoms with Gasteiger partial charge in [0.05, 0.1) is 12.6 Å². The molecule has 2 heterocycles. The van der Waals surface area contributed by atoms with E-state index in [2.05, 4.69) is 10.6 Å². The van der Waals surface area contributed by atoms with Crippen LogP contribution in [0.1, 0.15) is 12.0 Å². The average molecular weight is 321 g/mol. The quantitative estimate of drug-likeness (QED) is 0.885. The molecule has 0 spiro atoms. The van der Waals surface area contributed by atoms with Gasteiger partial charge in [-0.25, -0.2) is 8.78 Å². The van der Waals surface area contributed by atoms with E-state index >= 15 is 0 Å². The summed E-state index contributed by atoms with van der Waals surface area (Å²) in [7, 11) is 0. The van der Waals surface area contributed by atoms with E-state index in [1.807, 2.05) is 0 Å². The van der Waals surface area contributed by atoms with Crippen LogP contribution in [-0.2, 0) is 11.3 Å². The van der Waals surface area contributed by atoms with E-state index in [1.54, 1.807) is 18.2 Å². The van der Waals surface area contributed by atoms with Gasteiger partial charge < -0.3 is 14.8 Å². The molecule has 8 heteroatoms. The monoisotopic (exact) mass is 320 g/mol. The highest BCUT2D eigenvalue weighted by Gasteiger charge is 2.42. The van der Waals surface area contributed by atoms with E-state index in [0.717, 1.165) is 5.56 Å². The van der Waals surface area contributed by atoms with Crippen molar-refractivity contribution in [1.82, 2.24) is 10.6 Å². The topological polar surface area (TPSA) is 59.6 Å². The average Bonchev–Trinajstić information content (AvgIpc) is 3.02. The number of fused-ring (bicyclic) bond motifs is 1. The zero-order chi connectivity index (χ0) is 14.2. The molecule has 21 heavy (non-hydrogen) atoms. The lowest BCUT2D eigenvalue weighted by molar-refractivity contribution is -0.123. The predicted octanol–water partition coefficient (Wildman–Crippen LogP) is 1.45. The SMILES string of the molecule is Cl.O=C(NCc1cccc2c1OCO2)C1CC(F)(F)CN1. The van der Waals surface area contributed by atoms with Gasteiger partial charge in [-0.05, 0) is 6.07 Å². The van der Waals surface area contributed by atoms with Crippen LogP contribution in [0.5, 0.6) is 11.5 Å². The molecular weight excluding hydrogens is 306 g/mol. The summed E-state index contributed by atoms with van der Waals surface area (Å²) in [6.07, 6.45) is -0.467. The lowest BCUT2D eigenvalue weighted by Crippen LogP contribution is -2.40. The molecule has 3 rings (SSSR count). The molecule has 5 nitrogen and oxygen atoms in total. The molecule has 2 aliphatic rings. The number of benzene rings is 1. The first-order chi connectivity index (χ1) is 9.55. The van der Waals surface area contributed by atoms with Crippen LogP contribution in [0.25, 0.3) is 0 Å². The molecule has 116 valence electrons. The minimum absolute atomic E-state index is 0. The van der Waals surface area contributed by atoms with E-state index in [9.17, 15) is 13.6 Å². The van der Waals surface area contributed by atoms with Crippen molar-refractivity contribution in [1.29, 1.82) is 0 Å². The van der Waals surface area contributed by atoms with Crippen LogP contribution >= 0.6 is 12.4 Å². The Hall–Kier alpha value is -1.60. The first-order valence-electron chi connectivity index (χ1n) is 6.32. The number of carbonyl (C=O) groups is 1. The molecule has 1 amide bonds. The Balaban J connectivity index is 0.00000161. The summed E-state index contributed by atoms with van der Waals surface area (Å²) in [5.41, 5.74) is 0.762. The Morgan fingerprint density at radius 2 is 2.24 bits per heavy atom. The van der Waals surface area contributed by atoms with Crippen molar-refractivity contribution in [2.45, 2.75) is 24.9 Å². The number of para-hydroxylation sites is 1. The second kappa shape index (κ2) is 6.03. The maximum absolute atomic E-state index is 13.0. The number of hydrogen-bond acceptors (Lipinski definition) is 4. The van der Waals surface area contributed by atoms with Crippen molar-refractivity contribution in [3.05, 3.63) is 23.8 Å². The fourth-order valence-corrected chi connectivity index (χ4v) is 2.34. The first kappa shape index (κ1) is 15.8. The van der Waals surface area contributed by atoms with Crippen LogP contribution in [0.15, 0.2) is 18.2 Å². The molecule has 1 saturated heterocycles. The van der Waals surface area contributed by atoms with Crippen LogP contribution in [0.3, 0.4) is 0 Å². The van der Waals surface area contributed by atoms with E-state index in [1.165, 1.54) is 0 Å². The lowest BCUT2D eigenvalue weighted by Gasteiger charge is -2.12. The fourth-order valence-electron chi connectivity index (χ4n) is 2.34. The van der Waals surface area contributed by atoms with Crippen LogP contribution < -0.4 is 20.1 Å². The molecule has 1 aromatic carbocycles. The van der Waals surface area contributed by atoms with Crippen molar-refractivity contribution in [2.24, 2.45) is 0 Å². The molecule has 0 saturated carbocycles. The number of amides is 1. The smallest absolute Gasteiger partial charge is 0.262 e. The summed E-state index contributed by atoms with van der Waals surface area (Å²) < 4.78 is 36.6. The maximum Gasteiger partial charge on any atom is 0.262 e. The zero-order valence-electron chi connectivity index (χ0n) is 11.0. The molecule has 1 aromatic rings. The number of rotatable bonds is 3. The van der Waals surface area contributed by atoms with Crippen molar-refractivity contribution in [3.63, 3.8) is 0 Å². The van der Waals surface area contributed by atoms with E-state index < -0.39 is 30.8 Å². The Morgan fingerprint density at radius 3 is 2.95 bits per heavy atom. The van der Waals surface area contributed by atoms with Gasteiger partial charge in [-0.1, -0.05) is 12.1 Å². The van der Waals surface area contributed by atoms with Crippen LogP contribution in [0.4, 0.5) is 8.78 Å². The number of alkyl halides is 2. The highest BCUT2D eigenvalue weighted by molar-refractivity contribution is 5.85.